The molecule has 1 heterocycles. The van der Waals surface area contributed by atoms with Gasteiger partial charge in [-0.25, -0.2) is 0 Å². The highest BCUT2D eigenvalue weighted by atomic mass is 16.5. The van der Waals surface area contributed by atoms with Crippen LogP contribution in [0.2, 0.25) is 0 Å². The van der Waals surface area contributed by atoms with Crippen LogP contribution < -0.4 is 4.74 Å². The van der Waals surface area contributed by atoms with Crippen molar-refractivity contribution in [3.8, 4) is 5.75 Å². The molecule has 1 saturated heterocycles. The van der Waals surface area contributed by atoms with Gasteiger partial charge in [0.15, 0.2) is 0 Å². The summed E-state index contributed by atoms with van der Waals surface area (Å²) in [5, 5.41) is 9.68. The lowest BCUT2D eigenvalue weighted by atomic mass is 10.1. The van der Waals surface area contributed by atoms with Crippen molar-refractivity contribution < 1.29 is 14.6 Å². The molecule has 0 aromatic heterocycles. The van der Waals surface area contributed by atoms with Crippen LogP contribution in [0.15, 0.2) is 18.2 Å². The summed E-state index contributed by atoms with van der Waals surface area (Å²) in [5.41, 5.74) is 2.00. The van der Waals surface area contributed by atoms with Crippen molar-refractivity contribution in [2.45, 2.75) is 26.4 Å². The molecular weight excluding hydrogens is 216 g/mol. The van der Waals surface area contributed by atoms with Crippen LogP contribution in [0, 0.1) is 12.8 Å². The Kier molecular flexibility index (Phi) is 4.02. The second-order valence-electron chi connectivity index (χ2n) is 4.76. The summed E-state index contributed by atoms with van der Waals surface area (Å²) < 4.78 is 11.1. The Morgan fingerprint density at radius 2 is 2.35 bits per heavy atom. The van der Waals surface area contributed by atoms with E-state index >= 15 is 0 Å². The minimum absolute atomic E-state index is 0.484. The quantitative estimate of drug-likeness (QED) is 0.872. The molecule has 1 aliphatic rings. The Hall–Kier alpha value is -1.06. The molecule has 1 aromatic carbocycles. The van der Waals surface area contributed by atoms with Crippen LogP contribution in [0.1, 0.15) is 30.6 Å². The second kappa shape index (κ2) is 5.52. The molecule has 0 radical (unpaired) electrons. The summed E-state index contributed by atoms with van der Waals surface area (Å²) in [6.07, 6.45) is 0.570. The lowest BCUT2D eigenvalue weighted by molar-refractivity contribution is 0.162. The van der Waals surface area contributed by atoms with Crippen LogP contribution in [0.5, 0.6) is 5.75 Å². The molecule has 3 nitrogen and oxygen atoms in total. The summed E-state index contributed by atoms with van der Waals surface area (Å²) in [5.74, 6) is 1.28. The van der Waals surface area contributed by atoms with E-state index in [-0.39, 0.29) is 0 Å². The fourth-order valence-corrected chi connectivity index (χ4v) is 2.03. The van der Waals surface area contributed by atoms with Gasteiger partial charge in [0.2, 0.25) is 0 Å². The van der Waals surface area contributed by atoms with E-state index in [4.69, 9.17) is 9.47 Å². The predicted octanol–water partition coefficient (Wildman–Crippen LogP) is 2.46. The molecule has 3 heteroatoms. The maximum atomic E-state index is 9.68. The number of aliphatic hydroxyl groups is 1. The van der Waals surface area contributed by atoms with Crippen molar-refractivity contribution in [1.82, 2.24) is 0 Å². The number of hydrogen-bond donors (Lipinski definition) is 1. The number of benzene rings is 1. The fourth-order valence-electron chi connectivity index (χ4n) is 2.03. The standard InChI is InChI=1S/C14H20O3/c1-10-3-4-13(11(2)15)14(7-10)17-9-12-5-6-16-8-12/h3-4,7,11-12,15H,5-6,8-9H2,1-2H3/t11-,12?/m0/s1. The van der Waals surface area contributed by atoms with E-state index < -0.39 is 6.10 Å². The number of rotatable bonds is 4. The van der Waals surface area contributed by atoms with Gasteiger partial charge in [-0.3, -0.25) is 0 Å². The van der Waals surface area contributed by atoms with Crippen LogP contribution in [-0.4, -0.2) is 24.9 Å². The van der Waals surface area contributed by atoms with Gasteiger partial charge < -0.3 is 14.6 Å². The molecule has 0 amide bonds. The Morgan fingerprint density at radius 1 is 1.53 bits per heavy atom. The summed E-state index contributed by atoms with van der Waals surface area (Å²) in [4.78, 5) is 0. The third kappa shape index (κ3) is 3.20. The van der Waals surface area contributed by atoms with E-state index in [1.54, 1.807) is 6.92 Å². The van der Waals surface area contributed by atoms with E-state index in [2.05, 4.69) is 0 Å². The van der Waals surface area contributed by atoms with Crippen molar-refractivity contribution in [3.63, 3.8) is 0 Å². The zero-order chi connectivity index (χ0) is 12.3. The Labute approximate surface area is 102 Å². The van der Waals surface area contributed by atoms with Gasteiger partial charge >= 0.3 is 0 Å². The summed E-state index contributed by atoms with van der Waals surface area (Å²) in [6.45, 7) is 6.08. The summed E-state index contributed by atoms with van der Waals surface area (Å²) in [7, 11) is 0. The lowest BCUT2D eigenvalue weighted by Gasteiger charge is -2.16. The molecule has 0 spiro atoms. The summed E-state index contributed by atoms with van der Waals surface area (Å²) in [6, 6.07) is 5.91. The van der Waals surface area contributed by atoms with Gasteiger partial charge in [-0.2, -0.15) is 0 Å². The maximum Gasteiger partial charge on any atom is 0.125 e. The second-order valence-corrected chi connectivity index (χ2v) is 4.76. The van der Waals surface area contributed by atoms with Crippen molar-refractivity contribution in [2.24, 2.45) is 5.92 Å². The normalized spacial score (nSPS) is 21.5. The van der Waals surface area contributed by atoms with Crippen molar-refractivity contribution in [1.29, 1.82) is 0 Å². The van der Waals surface area contributed by atoms with Gasteiger partial charge in [0.25, 0.3) is 0 Å². The topological polar surface area (TPSA) is 38.7 Å². The molecule has 0 aliphatic carbocycles. The molecule has 0 saturated carbocycles. The number of aryl methyl sites for hydroxylation is 1. The summed E-state index contributed by atoms with van der Waals surface area (Å²) >= 11 is 0. The largest absolute Gasteiger partial charge is 0.493 e. The Bertz CT molecular complexity index is 368. The SMILES string of the molecule is Cc1ccc([C@H](C)O)c(OCC2CCOC2)c1. The number of aliphatic hydroxyl groups excluding tert-OH is 1. The van der Waals surface area contributed by atoms with Gasteiger partial charge in [0.1, 0.15) is 5.75 Å². The minimum Gasteiger partial charge on any atom is -0.493 e. The van der Waals surface area contributed by atoms with E-state index in [0.29, 0.717) is 12.5 Å². The average Bonchev–Trinajstić information content (AvgIpc) is 2.78. The van der Waals surface area contributed by atoms with Gasteiger partial charge in [-0.05, 0) is 31.9 Å². The maximum absolute atomic E-state index is 9.68. The monoisotopic (exact) mass is 236 g/mol. The molecule has 0 bridgehead atoms. The fraction of sp³-hybridized carbons (Fsp3) is 0.571. The third-order valence-electron chi connectivity index (χ3n) is 3.12. The van der Waals surface area contributed by atoms with Crippen LogP contribution >= 0.6 is 0 Å². The Morgan fingerprint density at radius 3 is 3.00 bits per heavy atom. The highest BCUT2D eigenvalue weighted by molar-refractivity contribution is 5.38. The molecule has 1 fully saturated rings. The van der Waals surface area contributed by atoms with E-state index in [9.17, 15) is 5.11 Å². The Balaban J connectivity index is 2.04. The number of ether oxygens (including phenoxy) is 2. The van der Waals surface area contributed by atoms with Crippen molar-refractivity contribution in [3.05, 3.63) is 29.3 Å². The van der Waals surface area contributed by atoms with Crippen molar-refractivity contribution >= 4 is 0 Å². The highest BCUT2D eigenvalue weighted by Crippen LogP contribution is 2.27. The van der Waals surface area contributed by atoms with Crippen molar-refractivity contribution in [2.75, 3.05) is 19.8 Å². The van der Waals surface area contributed by atoms with Crippen LogP contribution in [0.25, 0.3) is 0 Å². The molecule has 1 aromatic rings. The zero-order valence-electron chi connectivity index (χ0n) is 10.5. The molecule has 2 atom stereocenters. The third-order valence-corrected chi connectivity index (χ3v) is 3.12. The molecule has 1 N–H and O–H groups in total. The van der Waals surface area contributed by atoms with Gasteiger partial charge in [0.05, 0.1) is 19.3 Å². The van der Waals surface area contributed by atoms with Crippen LogP contribution in [0.3, 0.4) is 0 Å². The molecule has 94 valence electrons. The first-order valence-electron chi connectivity index (χ1n) is 6.16. The average molecular weight is 236 g/mol. The van der Waals surface area contributed by atoms with Gasteiger partial charge in [-0.1, -0.05) is 12.1 Å². The molecule has 1 unspecified atom stereocenters. The molecule has 17 heavy (non-hydrogen) atoms. The molecule has 1 aliphatic heterocycles. The van der Waals surface area contributed by atoms with Gasteiger partial charge in [-0.15, -0.1) is 0 Å². The van der Waals surface area contributed by atoms with Crippen LogP contribution in [0.4, 0.5) is 0 Å². The smallest absolute Gasteiger partial charge is 0.125 e. The van der Waals surface area contributed by atoms with Crippen LogP contribution in [-0.2, 0) is 4.74 Å². The van der Waals surface area contributed by atoms with E-state index in [0.717, 1.165) is 36.5 Å². The lowest BCUT2D eigenvalue weighted by Crippen LogP contribution is -2.13. The molecule has 2 rings (SSSR count). The van der Waals surface area contributed by atoms with Gasteiger partial charge in [0, 0.05) is 18.1 Å². The highest BCUT2D eigenvalue weighted by Gasteiger charge is 2.17. The molecular formula is C14H20O3. The van der Waals surface area contributed by atoms with E-state index in [1.807, 2.05) is 25.1 Å². The first-order chi connectivity index (χ1) is 8.16. The predicted molar refractivity (Wildman–Crippen MR) is 66.2 cm³/mol. The van der Waals surface area contributed by atoms with E-state index in [1.165, 1.54) is 0 Å². The minimum atomic E-state index is -0.495. The first-order valence-corrected chi connectivity index (χ1v) is 6.16. The number of hydrogen-bond acceptors (Lipinski definition) is 3. The zero-order valence-corrected chi connectivity index (χ0v) is 10.5. The first kappa shape index (κ1) is 12.4.